The number of carbonyl (C=O) groups excluding carboxylic acids is 2. The molecule has 0 radical (unpaired) electrons. The molecule has 174 valence electrons. The lowest BCUT2D eigenvalue weighted by molar-refractivity contribution is -0.132. The van der Waals surface area contributed by atoms with Crippen molar-refractivity contribution in [2.75, 3.05) is 28.4 Å². The first-order valence-electron chi connectivity index (χ1n) is 9.60. The van der Waals surface area contributed by atoms with E-state index in [0.29, 0.717) is 11.3 Å². The Bertz CT molecular complexity index is 1290. The number of rotatable bonds is 7. The summed E-state index contributed by atoms with van der Waals surface area (Å²) in [7, 11) is 5.51. The minimum Gasteiger partial charge on any atom is -0.496 e. The highest BCUT2D eigenvalue weighted by Gasteiger charge is 2.24. The van der Waals surface area contributed by atoms with Crippen LogP contribution in [0, 0.1) is 0 Å². The number of carbonyl (C=O) groups is 2. The number of hydrogen-bond acceptors (Lipinski definition) is 10. The van der Waals surface area contributed by atoms with E-state index in [9.17, 15) is 14.4 Å². The Labute approximate surface area is 188 Å². The van der Waals surface area contributed by atoms with Crippen LogP contribution in [0.15, 0.2) is 33.5 Å². The molecule has 0 amide bonds. The summed E-state index contributed by atoms with van der Waals surface area (Å²) in [5, 5.41) is -0.00714. The van der Waals surface area contributed by atoms with Gasteiger partial charge in [0.05, 0.1) is 28.4 Å². The van der Waals surface area contributed by atoms with Gasteiger partial charge in [0.25, 0.3) is 0 Å². The lowest BCUT2D eigenvalue weighted by Gasteiger charge is -2.16. The third kappa shape index (κ3) is 4.54. The third-order valence-corrected chi connectivity index (χ3v) is 4.55. The van der Waals surface area contributed by atoms with Crippen LogP contribution in [0.5, 0.6) is 34.5 Å². The molecule has 0 spiro atoms. The molecule has 10 nitrogen and oxygen atoms in total. The second kappa shape index (κ2) is 9.51. The van der Waals surface area contributed by atoms with E-state index in [2.05, 4.69) is 0 Å². The number of hydrogen-bond donors (Lipinski definition) is 0. The molecule has 0 bridgehead atoms. The van der Waals surface area contributed by atoms with Gasteiger partial charge in [-0.2, -0.15) is 0 Å². The van der Waals surface area contributed by atoms with Crippen molar-refractivity contribution in [3.63, 3.8) is 0 Å². The van der Waals surface area contributed by atoms with Crippen molar-refractivity contribution in [2.24, 2.45) is 0 Å². The third-order valence-electron chi connectivity index (χ3n) is 4.55. The monoisotopic (exact) mass is 458 g/mol. The normalized spacial score (nSPS) is 10.5. The molecule has 1 heterocycles. The van der Waals surface area contributed by atoms with E-state index in [4.69, 9.17) is 32.8 Å². The van der Waals surface area contributed by atoms with Crippen molar-refractivity contribution in [3.05, 3.63) is 34.5 Å². The number of ether oxygens (including phenoxy) is 6. The fourth-order valence-electron chi connectivity index (χ4n) is 3.26. The molecule has 0 atom stereocenters. The van der Waals surface area contributed by atoms with Gasteiger partial charge in [0, 0.05) is 31.5 Å². The highest BCUT2D eigenvalue weighted by atomic mass is 16.6. The number of fused-ring (bicyclic) bond motifs is 1. The maximum atomic E-state index is 13.3. The van der Waals surface area contributed by atoms with Crippen LogP contribution < -0.4 is 33.8 Å². The Morgan fingerprint density at radius 1 is 0.727 bits per heavy atom. The minimum absolute atomic E-state index is 0.00714. The lowest BCUT2D eigenvalue weighted by Crippen LogP contribution is -2.11. The summed E-state index contributed by atoms with van der Waals surface area (Å²) in [5.74, 6) is -0.647. The second-order valence-electron chi connectivity index (χ2n) is 6.69. The van der Waals surface area contributed by atoms with Gasteiger partial charge in [-0.3, -0.25) is 14.4 Å². The fourth-order valence-corrected chi connectivity index (χ4v) is 3.26. The van der Waals surface area contributed by atoms with Crippen LogP contribution >= 0.6 is 0 Å². The van der Waals surface area contributed by atoms with Crippen molar-refractivity contribution >= 4 is 22.9 Å². The van der Waals surface area contributed by atoms with Crippen LogP contribution in [-0.4, -0.2) is 40.4 Å². The zero-order valence-corrected chi connectivity index (χ0v) is 18.9. The Kier molecular flexibility index (Phi) is 6.76. The van der Waals surface area contributed by atoms with Crippen LogP contribution in [0.3, 0.4) is 0 Å². The molecule has 0 saturated heterocycles. The van der Waals surface area contributed by atoms with Crippen molar-refractivity contribution in [3.8, 4) is 45.8 Å². The summed E-state index contributed by atoms with van der Waals surface area (Å²) >= 11 is 0. The summed E-state index contributed by atoms with van der Waals surface area (Å²) in [4.78, 5) is 36.5. The standard InChI is InChI=1S/C23H22O10/c1-11(24)31-15-9-14(27-3)10-16-19(15)20(26)23(30-6)21(33-16)13-7-17(28-4)22(29-5)18(8-13)32-12(2)25/h7-10H,1-6H3. The van der Waals surface area contributed by atoms with Crippen molar-refractivity contribution in [2.45, 2.75) is 13.8 Å². The van der Waals surface area contributed by atoms with Crippen LogP contribution in [0.4, 0.5) is 0 Å². The maximum Gasteiger partial charge on any atom is 0.308 e. The topological polar surface area (TPSA) is 120 Å². The number of esters is 2. The first kappa shape index (κ1) is 23.5. The summed E-state index contributed by atoms with van der Waals surface area (Å²) in [5.41, 5.74) is -0.205. The van der Waals surface area contributed by atoms with E-state index >= 15 is 0 Å². The van der Waals surface area contributed by atoms with Gasteiger partial charge in [0.2, 0.25) is 16.9 Å². The second-order valence-corrected chi connectivity index (χ2v) is 6.69. The van der Waals surface area contributed by atoms with Crippen LogP contribution in [0.2, 0.25) is 0 Å². The average molecular weight is 458 g/mol. The van der Waals surface area contributed by atoms with Gasteiger partial charge in [0.15, 0.2) is 17.3 Å². The van der Waals surface area contributed by atoms with Crippen molar-refractivity contribution in [1.82, 2.24) is 0 Å². The molecule has 10 heteroatoms. The van der Waals surface area contributed by atoms with E-state index in [0.717, 1.165) is 0 Å². The summed E-state index contributed by atoms with van der Waals surface area (Å²) in [6, 6.07) is 5.85. The van der Waals surface area contributed by atoms with Gasteiger partial charge in [-0.25, -0.2) is 0 Å². The molecule has 0 N–H and O–H groups in total. The Hall–Kier alpha value is -4.21. The van der Waals surface area contributed by atoms with E-state index in [1.807, 2.05) is 0 Å². The SMILES string of the molecule is COc1cc(OC(C)=O)c2c(=O)c(OC)c(-c3cc(OC)c(OC)c(OC(C)=O)c3)oc2c1. The molecule has 1 aromatic heterocycles. The number of benzene rings is 2. The highest BCUT2D eigenvalue weighted by Crippen LogP contribution is 2.44. The Balaban J connectivity index is 2.39. The molecule has 2 aromatic carbocycles. The molecule has 0 saturated carbocycles. The number of methoxy groups -OCH3 is 4. The van der Waals surface area contributed by atoms with Gasteiger partial charge in [0.1, 0.15) is 22.5 Å². The van der Waals surface area contributed by atoms with Crippen molar-refractivity contribution < 1.29 is 42.4 Å². The summed E-state index contributed by atoms with van der Waals surface area (Å²) in [6.07, 6.45) is 0. The van der Waals surface area contributed by atoms with E-state index in [-0.39, 0.29) is 45.5 Å². The molecule has 3 rings (SSSR count). The zero-order chi connectivity index (χ0) is 24.3. The van der Waals surface area contributed by atoms with Crippen LogP contribution in [-0.2, 0) is 9.59 Å². The molecular formula is C23H22O10. The Morgan fingerprint density at radius 2 is 1.33 bits per heavy atom. The zero-order valence-electron chi connectivity index (χ0n) is 18.9. The molecule has 0 unspecified atom stereocenters. The first-order chi connectivity index (χ1) is 15.7. The summed E-state index contributed by atoms with van der Waals surface area (Å²) in [6.45, 7) is 2.44. The molecule has 3 aromatic rings. The van der Waals surface area contributed by atoms with Crippen LogP contribution in [0.25, 0.3) is 22.3 Å². The van der Waals surface area contributed by atoms with Gasteiger partial charge in [-0.05, 0) is 12.1 Å². The largest absolute Gasteiger partial charge is 0.496 e. The molecule has 0 aliphatic carbocycles. The lowest BCUT2D eigenvalue weighted by atomic mass is 10.1. The van der Waals surface area contributed by atoms with Gasteiger partial charge in [-0.15, -0.1) is 0 Å². The van der Waals surface area contributed by atoms with Crippen molar-refractivity contribution in [1.29, 1.82) is 0 Å². The van der Waals surface area contributed by atoms with Gasteiger partial charge >= 0.3 is 11.9 Å². The Morgan fingerprint density at radius 3 is 1.88 bits per heavy atom. The average Bonchev–Trinajstić information content (AvgIpc) is 2.76. The highest BCUT2D eigenvalue weighted by molar-refractivity contribution is 5.91. The quantitative estimate of drug-likeness (QED) is 0.385. The smallest absolute Gasteiger partial charge is 0.308 e. The fraction of sp³-hybridized carbons (Fsp3) is 0.261. The molecule has 0 fully saturated rings. The molecule has 0 aliphatic heterocycles. The molecular weight excluding hydrogens is 436 g/mol. The molecule has 0 aliphatic rings. The predicted molar refractivity (Wildman–Crippen MR) is 117 cm³/mol. The van der Waals surface area contributed by atoms with Gasteiger partial charge < -0.3 is 32.8 Å². The minimum atomic E-state index is -0.627. The maximum absolute atomic E-state index is 13.3. The van der Waals surface area contributed by atoms with Gasteiger partial charge in [-0.1, -0.05) is 0 Å². The van der Waals surface area contributed by atoms with Crippen LogP contribution in [0.1, 0.15) is 13.8 Å². The van der Waals surface area contributed by atoms with E-state index in [1.165, 1.54) is 66.6 Å². The first-order valence-corrected chi connectivity index (χ1v) is 9.60. The predicted octanol–water partition coefficient (Wildman–Crippen LogP) is 3.35. The molecule has 33 heavy (non-hydrogen) atoms. The summed E-state index contributed by atoms with van der Waals surface area (Å²) < 4.78 is 37.7. The van der Waals surface area contributed by atoms with E-state index in [1.54, 1.807) is 0 Å². The van der Waals surface area contributed by atoms with E-state index < -0.39 is 17.4 Å².